The maximum atomic E-state index is 9.28. The molecule has 4 nitrogen and oxygen atoms in total. The SMILES string of the molecule is CN(CCOCC1CC1)CCC(O)CN. The first kappa shape index (κ1) is 12.9. The molecule has 0 aromatic rings. The summed E-state index contributed by atoms with van der Waals surface area (Å²) in [6, 6.07) is 0. The maximum absolute atomic E-state index is 9.28. The van der Waals surface area contributed by atoms with Crippen LogP contribution >= 0.6 is 0 Å². The minimum absolute atomic E-state index is 0.353. The first-order valence-corrected chi connectivity index (χ1v) is 5.86. The summed E-state index contributed by atoms with van der Waals surface area (Å²) in [5.74, 6) is 0.842. The zero-order chi connectivity index (χ0) is 11.1. The molecule has 0 aromatic heterocycles. The number of aliphatic hydroxyl groups is 1. The average molecular weight is 216 g/mol. The van der Waals surface area contributed by atoms with Gasteiger partial charge >= 0.3 is 0 Å². The van der Waals surface area contributed by atoms with Gasteiger partial charge in [-0.1, -0.05) is 0 Å². The van der Waals surface area contributed by atoms with Crippen molar-refractivity contribution in [2.45, 2.75) is 25.4 Å². The molecule has 0 radical (unpaired) electrons. The van der Waals surface area contributed by atoms with Crippen LogP contribution in [0, 0.1) is 5.92 Å². The predicted molar refractivity (Wildman–Crippen MR) is 60.7 cm³/mol. The van der Waals surface area contributed by atoms with Crippen molar-refractivity contribution in [3.63, 3.8) is 0 Å². The van der Waals surface area contributed by atoms with Gasteiger partial charge in [0.25, 0.3) is 0 Å². The number of rotatable bonds is 9. The number of likely N-dealkylation sites (N-methyl/N-ethyl adjacent to an activating group) is 1. The lowest BCUT2D eigenvalue weighted by molar-refractivity contribution is 0.0958. The molecule has 1 rings (SSSR count). The molecule has 15 heavy (non-hydrogen) atoms. The van der Waals surface area contributed by atoms with Crippen LogP contribution in [0.3, 0.4) is 0 Å². The van der Waals surface area contributed by atoms with Gasteiger partial charge in [0.2, 0.25) is 0 Å². The molecule has 4 heteroatoms. The third-order valence-corrected chi connectivity index (χ3v) is 2.78. The van der Waals surface area contributed by atoms with Crippen molar-refractivity contribution in [3.8, 4) is 0 Å². The number of nitrogens with two attached hydrogens (primary N) is 1. The highest BCUT2D eigenvalue weighted by molar-refractivity contribution is 4.72. The van der Waals surface area contributed by atoms with Gasteiger partial charge in [0, 0.05) is 26.2 Å². The van der Waals surface area contributed by atoms with Gasteiger partial charge in [-0.05, 0) is 32.2 Å². The Morgan fingerprint density at radius 1 is 1.47 bits per heavy atom. The Labute approximate surface area is 92.4 Å². The molecule has 90 valence electrons. The van der Waals surface area contributed by atoms with E-state index in [1.54, 1.807) is 0 Å². The van der Waals surface area contributed by atoms with E-state index >= 15 is 0 Å². The molecule has 0 saturated heterocycles. The van der Waals surface area contributed by atoms with Gasteiger partial charge < -0.3 is 20.5 Å². The lowest BCUT2D eigenvalue weighted by atomic mass is 10.2. The van der Waals surface area contributed by atoms with Crippen molar-refractivity contribution in [2.24, 2.45) is 11.7 Å². The molecule has 0 spiro atoms. The molecular weight excluding hydrogens is 192 g/mol. The number of hydrogen-bond donors (Lipinski definition) is 2. The Kier molecular flexibility index (Phi) is 6.17. The summed E-state index contributed by atoms with van der Waals surface area (Å²) < 4.78 is 5.53. The van der Waals surface area contributed by atoms with E-state index in [-0.39, 0.29) is 6.10 Å². The van der Waals surface area contributed by atoms with Gasteiger partial charge in [-0.15, -0.1) is 0 Å². The third kappa shape index (κ3) is 6.84. The van der Waals surface area contributed by atoms with Crippen molar-refractivity contribution in [2.75, 3.05) is 39.9 Å². The smallest absolute Gasteiger partial charge is 0.0674 e. The Morgan fingerprint density at radius 2 is 2.20 bits per heavy atom. The number of nitrogens with zero attached hydrogens (tertiary/aromatic N) is 1. The normalized spacial score (nSPS) is 18.4. The van der Waals surface area contributed by atoms with Crippen LogP contribution in [0.4, 0.5) is 0 Å². The second kappa shape index (κ2) is 7.17. The highest BCUT2D eigenvalue weighted by Gasteiger charge is 2.20. The minimum atomic E-state index is -0.361. The molecule has 1 unspecified atom stereocenters. The third-order valence-electron chi connectivity index (χ3n) is 2.78. The van der Waals surface area contributed by atoms with E-state index in [1.807, 2.05) is 7.05 Å². The largest absolute Gasteiger partial charge is 0.392 e. The highest BCUT2D eigenvalue weighted by atomic mass is 16.5. The summed E-state index contributed by atoms with van der Waals surface area (Å²) in [6.45, 7) is 3.90. The molecule has 0 heterocycles. The van der Waals surface area contributed by atoms with E-state index in [4.69, 9.17) is 10.5 Å². The Bertz CT molecular complexity index is 163. The van der Waals surface area contributed by atoms with E-state index in [1.165, 1.54) is 12.8 Å². The van der Waals surface area contributed by atoms with Crippen LogP contribution < -0.4 is 5.73 Å². The fourth-order valence-corrected chi connectivity index (χ4v) is 1.35. The van der Waals surface area contributed by atoms with Crippen LogP contribution in [0.5, 0.6) is 0 Å². The molecule has 1 aliphatic rings. The molecule has 1 saturated carbocycles. The second-order valence-electron chi connectivity index (χ2n) is 4.50. The van der Waals surface area contributed by atoms with E-state index in [2.05, 4.69) is 4.90 Å². The standard InChI is InChI=1S/C11H24N2O2/c1-13(5-4-11(14)8-12)6-7-15-9-10-2-3-10/h10-11,14H,2-9,12H2,1H3. The molecule has 3 N–H and O–H groups in total. The number of aliphatic hydroxyl groups excluding tert-OH is 1. The molecule has 1 atom stereocenters. The van der Waals surface area contributed by atoms with Crippen LogP contribution in [-0.4, -0.2) is 56.0 Å². The molecule has 0 aliphatic heterocycles. The van der Waals surface area contributed by atoms with Gasteiger partial charge in [-0.3, -0.25) is 0 Å². The highest BCUT2D eigenvalue weighted by Crippen LogP contribution is 2.28. The Balaban J connectivity index is 1.85. The molecule has 0 bridgehead atoms. The molecule has 0 aromatic carbocycles. The summed E-state index contributed by atoms with van der Waals surface area (Å²) in [6.07, 6.45) is 3.08. The molecule has 0 amide bonds. The van der Waals surface area contributed by atoms with Crippen molar-refractivity contribution >= 4 is 0 Å². The van der Waals surface area contributed by atoms with Crippen LogP contribution in [-0.2, 0) is 4.74 Å². The zero-order valence-corrected chi connectivity index (χ0v) is 9.69. The minimum Gasteiger partial charge on any atom is -0.392 e. The first-order valence-electron chi connectivity index (χ1n) is 5.86. The fraction of sp³-hybridized carbons (Fsp3) is 1.00. The van der Waals surface area contributed by atoms with E-state index < -0.39 is 0 Å². The fourth-order valence-electron chi connectivity index (χ4n) is 1.35. The van der Waals surface area contributed by atoms with Crippen molar-refractivity contribution < 1.29 is 9.84 Å². The van der Waals surface area contributed by atoms with Crippen LogP contribution in [0.15, 0.2) is 0 Å². The van der Waals surface area contributed by atoms with Crippen molar-refractivity contribution in [1.82, 2.24) is 4.90 Å². The summed E-state index contributed by atoms with van der Waals surface area (Å²) in [7, 11) is 2.05. The first-order chi connectivity index (χ1) is 7.22. The van der Waals surface area contributed by atoms with Crippen LogP contribution in [0.1, 0.15) is 19.3 Å². The van der Waals surface area contributed by atoms with Gasteiger partial charge in [0.1, 0.15) is 0 Å². The summed E-state index contributed by atoms with van der Waals surface area (Å²) in [5.41, 5.74) is 5.33. The zero-order valence-electron chi connectivity index (χ0n) is 9.69. The van der Waals surface area contributed by atoms with Gasteiger partial charge in [0.15, 0.2) is 0 Å². The van der Waals surface area contributed by atoms with Gasteiger partial charge in [-0.2, -0.15) is 0 Å². The van der Waals surface area contributed by atoms with Crippen LogP contribution in [0.2, 0.25) is 0 Å². The lowest BCUT2D eigenvalue weighted by Gasteiger charge is -2.18. The molecule has 1 aliphatic carbocycles. The second-order valence-corrected chi connectivity index (χ2v) is 4.50. The van der Waals surface area contributed by atoms with Gasteiger partial charge in [-0.25, -0.2) is 0 Å². The van der Waals surface area contributed by atoms with Gasteiger partial charge in [0.05, 0.1) is 12.7 Å². The summed E-state index contributed by atoms with van der Waals surface area (Å²) >= 11 is 0. The monoisotopic (exact) mass is 216 g/mol. The summed E-state index contributed by atoms with van der Waals surface area (Å²) in [4.78, 5) is 2.17. The number of hydrogen-bond acceptors (Lipinski definition) is 4. The van der Waals surface area contributed by atoms with Crippen LogP contribution in [0.25, 0.3) is 0 Å². The van der Waals surface area contributed by atoms with Crippen molar-refractivity contribution in [3.05, 3.63) is 0 Å². The number of ether oxygens (including phenoxy) is 1. The quantitative estimate of drug-likeness (QED) is 0.535. The topological polar surface area (TPSA) is 58.7 Å². The lowest BCUT2D eigenvalue weighted by Crippen LogP contribution is -2.29. The molecule has 1 fully saturated rings. The average Bonchev–Trinajstić information content (AvgIpc) is 3.04. The maximum Gasteiger partial charge on any atom is 0.0674 e. The van der Waals surface area contributed by atoms with E-state index in [9.17, 15) is 5.11 Å². The molecular formula is C11H24N2O2. The predicted octanol–water partition coefficient (Wildman–Crippen LogP) is 0.0545. The summed E-state index contributed by atoms with van der Waals surface area (Å²) in [5, 5.41) is 9.28. The Hall–Kier alpha value is -0.160. The van der Waals surface area contributed by atoms with E-state index in [0.29, 0.717) is 6.54 Å². The Morgan fingerprint density at radius 3 is 2.80 bits per heavy atom. The van der Waals surface area contributed by atoms with Crippen molar-refractivity contribution in [1.29, 1.82) is 0 Å². The van der Waals surface area contributed by atoms with E-state index in [0.717, 1.165) is 38.6 Å².